The van der Waals surface area contributed by atoms with Crippen molar-refractivity contribution in [3.05, 3.63) is 41.7 Å². The second-order valence-electron chi connectivity index (χ2n) is 7.19. The summed E-state index contributed by atoms with van der Waals surface area (Å²) in [5, 5.41) is 11.6. The van der Waals surface area contributed by atoms with Crippen LogP contribution in [0, 0.1) is 6.92 Å². The molecule has 0 bridgehead atoms. The van der Waals surface area contributed by atoms with Gasteiger partial charge in [-0.2, -0.15) is 10.2 Å². The van der Waals surface area contributed by atoms with Crippen LogP contribution in [0.15, 0.2) is 30.5 Å². The van der Waals surface area contributed by atoms with Crippen molar-refractivity contribution in [3.63, 3.8) is 0 Å². The molecule has 0 radical (unpaired) electrons. The molecule has 28 heavy (non-hydrogen) atoms. The molecule has 1 aromatic carbocycles. The van der Waals surface area contributed by atoms with Crippen LogP contribution in [-0.4, -0.2) is 49.4 Å². The first kappa shape index (κ1) is 18.2. The predicted molar refractivity (Wildman–Crippen MR) is 106 cm³/mol. The zero-order valence-electron chi connectivity index (χ0n) is 16.2. The lowest BCUT2D eigenvalue weighted by Gasteiger charge is -2.15. The van der Waals surface area contributed by atoms with Crippen LogP contribution < -0.4 is 5.32 Å². The predicted octanol–water partition coefficient (Wildman–Crippen LogP) is 2.34. The Morgan fingerprint density at radius 3 is 2.57 bits per heavy atom. The number of benzene rings is 1. The highest BCUT2D eigenvalue weighted by atomic mass is 16.2. The Kier molecular flexibility index (Phi) is 4.85. The third kappa shape index (κ3) is 3.49. The third-order valence-corrected chi connectivity index (χ3v) is 5.17. The van der Waals surface area contributed by atoms with Gasteiger partial charge in [0.15, 0.2) is 0 Å². The molecule has 0 saturated carbocycles. The summed E-state index contributed by atoms with van der Waals surface area (Å²) in [7, 11) is 1.88. The van der Waals surface area contributed by atoms with Crippen LogP contribution >= 0.6 is 0 Å². The SMILES string of the molecule is Cc1nn(C)c2cnn(CCC(=O)Nc3ccc(C(=O)N4CCCC4)cc3)c12. The van der Waals surface area contributed by atoms with Crippen molar-refractivity contribution in [2.75, 3.05) is 18.4 Å². The first-order valence-corrected chi connectivity index (χ1v) is 9.57. The molecule has 0 unspecified atom stereocenters. The quantitative estimate of drug-likeness (QED) is 0.736. The van der Waals surface area contributed by atoms with Crippen LogP contribution in [0.1, 0.15) is 35.3 Å². The monoisotopic (exact) mass is 380 g/mol. The standard InChI is InChI=1S/C20H24N6O2/c1-14-19-17(24(2)23-14)13-21-26(19)12-9-18(27)22-16-7-5-15(6-8-16)20(28)25-10-3-4-11-25/h5-8,13H,3-4,9-12H2,1-2H3,(H,22,27). The molecular formula is C20H24N6O2. The van der Waals surface area contributed by atoms with E-state index in [9.17, 15) is 9.59 Å². The van der Waals surface area contributed by atoms with Gasteiger partial charge < -0.3 is 10.2 Å². The molecule has 0 spiro atoms. The van der Waals surface area contributed by atoms with Gasteiger partial charge in [-0.25, -0.2) is 0 Å². The maximum atomic E-state index is 12.4. The number of carbonyl (C=O) groups excluding carboxylic acids is 2. The molecule has 1 aliphatic heterocycles. The molecule has 0 atom stereocenters. The van der Waals surface area contributed by atoms with Gasteiger partial charge in [0.05, 0.1) is 18.4 Å². The van der Waals surface area contributed by atoms with E-state index in [4.69, 9.17) is 0 Å². The van der Waals surface area contributed by atoms with Gasteiger partial charge in [-0.15, -0.1) is 0 Å². The molecule has 1 N–H and O–H groups in total. The van der Waals surface area contributed by atoms with Crippen molar-refractivity contribution in [2.24, 2.45) is 7.05 Å². The van der Waals surface area contributed by atoms with Gasteiger partial charge in [0.2, 0.25) is 5.91 Å². The Bertz CT molecular complexity index is 1010. The van der Waals surface area contributed by atoms with E-state index < -0.39 is 0 Å². The Labute approximate surface area is 163 Å². The van der Waals surface area contributed by atoms with Crippen LogP contribution in [0.3, 0.4) is 0 Å². The minimum Gasteiger partial charge on any atom is -0.339 e. The number of nitrogens with one attached hydrogen (secondary N) is 1. The molecule has 3 aromatic rings. The molecule has 8 nitrogen and oxygen atoms in total. The molecule has 2 amide bonds. The molecule has 2 aromatic heterocycles. The molecular weight excluding hydrogens is 356 g/mol. The average molecular weight is 380 g/mol. The second-order valence-corrected chi connectivity index (χ2v) is 7.19. The van der Waals surface area contributed by atoms with E-state index in [1.54, 1.807) is 35.1 Å². The van der Waals surface area contributed by atoms with Crippen molar-refractivity contribution in [3.8, 4) is 0 Å². The fourth-order valence-electron chi connectivity index (χ4n) is 3.71. The van der Waals surface area contributed by atoms with Crippen LogP contribution in [-0.2, 0) is 18.4 Å². The molecule has 8 heteroatoms. The van der Waals surface area contributed by atoms with Gasteiger partial charge in [-0.05, 0) is 44.0 Å². The normalized spacial score (nSPS) is 14.0. The molecule has 146 valence electrons. The largest absolute Gasteiger partial charge is 0.339 e. The van der Waals surface area contributed by atoms with E-state index in [2.05, 4.69) is 15.5 Å². The first-order valence-electron chi connectivity index (χ1n) is 9.57. The van der Waals surface area contributed by atoms with Gasteiger partial charge in [0.25, 0.3) is 5.91 Å². The lowest BCUT2D eigenvalue weighted by Crippen LogP contribution is -2.27. The number of amides is 2. The molecule has 1 aliphatic rings. The van der Waals surface area contributed by atoms with E-state index >= 15 is 0 Å². The van der Waals surface area contributed by atoms with Crippen LogP contribution in [0.4, 0.5) is 5.69 Å². The number of hydrogen-bond acceptors (Lipinski definition) is 4. The molecule has 3 heterocycles. The number of nitrogens with zero attached hydrogens (tertiary/aromatic N) is 5. The molecule has 4 rings (SSSR count). The Balaban J connectivity index is 1.35. The number of rotatable bonds is 5. The zero-order valence-corrected chi connectivity index (χ0v) is 16.2. The zero-order chi connectivity index (χ0) is 19.7. The van der Waals surface area contributed by atoms with Crippen LogP contribution in [0.5, 0.6) is 0 Å². The summed E-state index contributed by atoms with van der Waals surface area (Å²) >= 11 is 0. The van der Waals surface area contributed by atoms with E-state index in [0.29, 0.717) is 24.2 Å². The van der Waals surface area contributed by atoms with Crippen LogP contribution in [0.2, 0.25) is 0 Å². The maximum absolute atomic E-state index is 12.4. The van der Waals surface area contributed by atoms with Gasteiger partial charge in [0.1, 0.15) is 11.0 Å². The summed E-state index contributed by atoms with van der Waals surface area (Å²) in [5.74, 6) is -0.0336. The van der Waals surface area contributed by atoms with E-state index in [0.717, 1.165) is 42.7 Å². The Hall–Kier alpha value is -3.16. The second kappa shape index (κ2) is 7.46. The highest BCUT2D eigenvalue weighted by Gasteiger charge is 2.19. The van der Waals surface area contributed by atoms with Crippen molar-refractivity contribution < 1.29 is 9.59 Å². The maximum Gasteiger partial charge on any atom is 0.253 e. The van der Waals surface area contributed by atoms with Gasteiger partial charge in [-0.1, -0.05) is 0 Å². The highest BCUT2D eigenvalue weighted by Crippen LogP contribution is 2.18. The number of aryl methyl sites for hydroxylation is 3. The number of fused-ring (bicyclic) bond motifs is 1. The summed E-state index contributed by atoms with van der Waals surface area (Å²) in [5.41, 5.74) is 4.15. The molecule has 1 saturated heterocycles. The number of hydrogen-bond donors (Lipinski definition) is 1. The fourth-order valence-corrected chi connectivity index (χ4v) is 3.71. The number of aromatic nitrogens is 4. The molecule has 1 fully saturated rings. The lowest BCUT2D eigenvalue weighted by atomic mass is 10.2. The summed E-state index contributed by atoms with van der Waals surface area (Å²) in [6.45, 7) is 4.07. The van der Waals surface area contributed by atoms with E-state index in [1.807, 2.05) is 23.6 Å². The first-order chi connectivity index (χ1) is 13.5. The number of likely N-dealkylation sites (tertiary alicyclic amines) is 1. The number of carbonyl (C=O) groups is 2. The van der Waals surface area contributed by atoms with Crippen molar-refractivity contribution in [2.45, 2.75) is 32.7 Å². The topological polar surface area (TPSA) is 85.0 Å². The van der Waals surface area contributed by atoms with Crippen molar-refractivity contribution >= 4 is 28.5 Å². The van der Waals surface area contributed by atoms with Crippen molar-refractivity contribution in [1.82, 2.24) is 24.5 Å². The van der Waals surface area contributed by atoms with Gasteiger partial charge in [-0.3, -0.25) is 19.0 Å². The third-order valence-electron chi connectivity index (χ3n) is 5.17. The van der Waals surface area contributed by atoms with E-state index in [1.165, 1.54) is 0 Å². The fraction of sp³-hybridized carbons (Fsp3) is 0.400. The van der Waals surface area contributed by atoms with Crippen molar-refractivity contribution in [1.29, 1.82) is 0 Å². The van der Waals surface area contributed by atoms with E-state index in [-0.39, 0.29) is 11.8 Å². The molecule has 0 aliphatic carbocycles. The summed E-state index contributed by atoms with van der Waals surface area (Å²) in [4.78, 5) is 26.6. The highest BCUT2D eigenvalue weighted by molar-refractivity contribution is 5.96. The Morgan fingerprint density at radius 1 is 1.14 bits per heavy atom. The average Bonchev–Trinajstić information content (AvgIpc) is 3.40. The summed E-state index contributed by atoms with van der Waals surface area (Å²) in [6, 6.07) is 7.09. The van der Waals surface area contributed by atoms with Gasteiger partial charge in [0, 0.05) is 37.8 Å². The summed E-state index contributed by atoms with van der Waals surface area (Å²) in [6.07, 6.45) is 4.21. The smallest absolute Gasteiger partial charge is 0.253 e. The minimum atomic E-state index is -0.0937. The van der Waals surface area contributed by atoms with Gasteiger partial charge >= 0.3 is 0 Å². The Morgan fingerprint density at radius 2 is 1.86 bits per heavy atom. The van der Waals surface area contributed by atoms with Crippen LogP contribution in [0.25, 0.3) is 11.0 Å². The minimum absolute atomic E-state index is 0.0601. The lowest BCUT2D eigenvalue weighted by molar-refractivity contribution is -0.116. The summed E-state index contributed by atoms with van der Waals surface area (Å²) < 4.78 is 3.61. The number of anilines is 1.